The van der Waals surface area contributed by atoms with Crippen molar-refractivity contribution in [1.29, 1.82) is 0 Å². The number of hydrogen-bond donors (Lipinski definition) is 1. The fourth-order valence-electron chi connectivity index (χ4n) is 1.69. The van der Waals surface area contributed by atoms with Gasteiger partial charge in [-0.05, 0) is 34.1 Å². The van der Waals surface area contributed by atoms with Crippen LogP contribution in [0.25, 0.3) is 0 Å². The van der Waals surface area contributed by atoms with Crippen molar-refractivity contribution >= 4 is 15.9 Å². The summed E-state index contributed by atoms with van der Waals surface area (Å²) in [6, 6.07) is 9.13. The van der Waals surface area contributed by atoms with Gasteiger partial charge in [0.05, 0.1) is 10.0 Å². The van der Waals surface area contributed by atoms with Gasteiger partial charge in [0.25, 0.3) is 0 Å². The maximum Gasteiger partial charge on any atom is 0.138 e. The zero-order valence-electron chi connectivity index (χ0n) is 10.00. The highest BCUT2D eigenvalue weighted by Crippen LogP contribution is 2.30. The van der Waals surface area contributed by atoms with E-state index in [-0.39, 0.29) is 18.7 Å². The summed E-state index contributed by atoms with van der Waals surface area (Å²) >= 11 is 3.33. The third-order valence-electron chi connectivity index (χ3n) is 2.69. The molecule has 2 aromatic carbocycles. The Morgan fingerprint density at radius 3 is 2.32 bits per heavy atom. The number of rotatable bonds is 4. The van der Waals surface area contributed by atoms with Gasteiger partial charge in [0.15, 0.2) is 0 Å². The van der Waals surface area contributed by atoms with E-state index in [1.807, 2.05) is 6.07 Å². The number of nitrogens with two attached hydrogens (primary N) is 1. The first kappa shape index (κ1) is 14.0. The van der Waals surface area contributed by atoms with Crippen molar-refractivity contribution in [3.8, 4) is 5.75 Å². The Kier molecular flexibility index (Phi) is 4.50. The molecule has 0 aromatic heterocycles. The van der Waals surface area contributed by atoms with E-state index >= 15 is 0 Å². The van der Waals surface area contributed by atoms with E-state index in [0.717, 1.165) is 5.56 Å². The molecule has 0 radical (unpaired) electrons. The molecule has 19 heavy (non-hydrogen) atoms. The SMILES string of the molecule is NCc1cccc(Br)c1OCc1c(F)cccc1F. The number of hydrogen-bond acceptors (Lipinski definition) is 2. The molecule has 0 saturated carbocycles. The summed E-state index contributed by atoms with van der Waals surface area (Å²) < 4.78 is 33.2. The highest BCUT2D eigenvalue weighted by Gasteiger charge is 2.12. The second-order valence-corrected chi connectivity index (χ2v) is 4.78. The Bertz CT molecular complexity index is 569. The standard InChI is InChI=1S/C14H12BrF2NO/c15-11-4-1-3-9(7-18)14(11)19-8-10-12(16)5-2-6-13(10)17/h1-6H,7-8,18H2. The molecule has 2 N–H and O–H groups in total. The van der Waals surface area contributed by atoms with Gasteiger partial charge in [0, 0.05) is 12.1 Å². The Hall–Kier alpha value is -1.46. The van der Waals surface area contributed by atoms with Crippen LogP contribution in [-0.2, 0) is 13.2 Å². The second-order valence-electron chi connectivity index (χ2n) is 3.92. The molecule has 0 saturated heterocycles. The molecule has 0 aliphatic rings. The predicted octanol–water partition coefficient (Wildman–Crippen LogP) is 3.77. The van der Waals surface area contributed by atoms with Crippen molar-refractivity contribution in [2.75, 3.05) is 0 Å². The highest BCUT2D eigenvalue weighted by atomic mass is 79.9. The van der Waals surface area contributed by atoms with Crippen LogP contribution in [0.5, 0.6) is 5.75 Å². The van der Waals surface area contributed by atoms with Crippen molar-refractivity contribution in [3.05, 3.63) is 63.6 Å². The number of benzene rings is 2. The molecule has 5 heteroatoms. The summed E-state index contributed by atoms with van der Waals surface area (Å²) in [4.78, 5) is 0. The van der Waals surface area contributed by atoms with Gasteiger partial charge in [-0.3, -0.25) is 0 Å². The Labute approximate surface area is 118 Å². The highest BCUT2D eigenvalue weighted by molar-refractivity contribution is 9.10. The van der Waals surface area contributed by atoms with Crippen LogP contribution in [0, 0.1) is 11.6 Å². The van der Waals surface area contributed by atoms with E-state index in [4.69, 9.17) is 10.5 Å². The molecule has 0 amide bonds. The van der Waals surface area contributed by atoms with Crippen LogP contribution in [0.15, 0.2) is 40.9 Å². The van der Waals surface area contributed by atoms with Gasteiger partial charge in [-0.2, -0.15) is 0 Å². The molecule has 0 bridgehead atoms. The predicted molar refractivity (Wildman–Crippen MR) is 72.7 cm³/mol. The molecule has 0 fully saturated rings. The molecular formula is C14H12BrF2NO. The van der Waals surface area contributed by atoms with Crippen molar-refractivity contribution < 1.29 is 13.5 Å². The monoisotopic (exact) mass is 327 g/mol. The summed E-state index contributed by atoms with van der Waals surface area (Å²) in [7, 11) is 0. The molecule has 100 valence electrons. The molecule has 2 aromatic rings. The first-order valence-electron chi connectivity index (χ1n) is 5.66. The van der Waals surface area contributed by atoms with E-state index in [0.29, 0.717) is 10.2 Å². The zero-order chi connectivity index (χ0) is 13.8. The summed E-state index contributed by atoms with van der Waals surface area (Å²) in [5.74, 6) is -0.740. The van der Waals surface area contributed by atoms with Gasteiger partial charge in [0.2, 0.25) is 0 Å². The van der Waals surface area contributed by atoms with Gasteiger partial charge >= 0.3 is 0 Å². The summed E-state index contributed by atoms with van der Waals surface area (Å²) in [5, 5.41) is 0. The van der Waals surface area contributed by atoms with Gasteiger partial charge in [-0.25, -0.2) is 8.78 Å². The van der Waals surface area contributed by atoms with E-state index in [1.165, 1.54) is 18.2 Å². The molecular weight excluding hydrogens is 316 g/mol. The lowest BCUT2D eigenvalue weighted by atomic mass is 10.2. The quantitative estimate of drug-likeness (QED) is 0.927. The van der Waals surface area contributed by atoms with Gasteiger partial charge in [-0.15, -0.1) is 0 Å². The van der Waals surface area contributed by atoms with Crippen LogP contribution in [0.1, 0.15) is 11.1 Å². The van der Waals surface area contributed by atoms with Crippen LogP contribution in [0.3, 0.4) is 0 Å². The largest absolute Gasteiger partial charge is 0.487 e. The van der Waals surface area contributed by atoms with Gasteiger partial charge in [-0.1, -0.05) is 18.2 Å². The van der Waals surface area contributed by atoms with Crippen LogP contribution < -0.4 is 10.5 Å². The molecule has 0 aliphatic heterocycles. The third kappa shape index (κ3) is 3.11. The van der Waals surface area contributed by atoms with E-state index in [1.54, 1.807) is 12.1 Å². The zero-order valence-corrected chi connectivity index (χ0v) is 11.6. The molecule has 2 rings (SSSR count). The van der Waals surface area contributed by atoms with Crippen LogP contribution in [-0.4, -0.2) is 0 Å². The Balaban J connectivity index is 2.24. The third-order valence-corrected chi connectivity index (χ3v) is 3.32. The normalized spacial score (nSPS) is 10.5. The van der Waals surface area contributed by atoms with Crippen LogP contribution >= 0.6 is 15.9 Å². The topological polar surface area (TPSA) is 35.2 Å². The fourth-order valence-corrected chi connectivity index (χ4v) is 2.21. The average molecular weight is 328 g/mol. The second kappa shape index (κ2) is 6.12. The van der Waals surface area contributed by atoms with Crippen molar-refractivity contribution in [2.45, 2.75) is 13.2 Å². The minimum atomic E-state index is -0.624. The molecule has 2 nitrogen and oxygen atoms in total. The van der Waals surface area contributed by atoms with Crippen LogP contribution in [0.2, 0.25) is 0 Å². The lowest BCUT2D eigenvalue weighted by Crippen LogP contribution is -2.06. The van der Waals surface area contributed by atoms with Crippen molar-refractivity contribution in [2.24, 2.45) is 5.73 Å². The van der Waals surface area contributed by atoms with Gasteiger partial charge in [0.1, 0.15) is 24.0 Å². The molecule has 0 unspecified atom stereocenters. The number of ether oxygens (including phenoxy) is 1. The lowest BCUT2D eigenvalue weighted by molar-refractivity contribution is 0.288. The van der Waals surface area contributed by atoms with Crippen molar-refractivity contribution in [3.63, 3.8) is 0 Å². The van der Waals surface area contributed by atoms with Gasteiger partial charge < -0.3 is 10.5 Å². The fraction of sp³-hybridized carbons (Fsp3) is 0.143. The Morgan fingerprint density at radius 2 is 1.68 bits per heavy atom. The molecule has 0 spiro atoms. The van der Waals surface area contributed by atoms with E-state index in [2.05, 4.69) is 15.9 Å². The molecule has 0 aliphatic carbocycles. The summed E-state index contributed by atoms with van der Waals surface area (Å²) in [6.45, 7) is 0.0998. The Morgan fingerprint density at radius 1 is 1.05 bits per heavy atom. The van der Waals surface area contributed by atoms with E-state index in [9.17, 15) is 8.78 Å². The number of para-hydroxylation sites is 1. The summed E-state index contributed by atoms with van der Waals surface area (Å²) in [5.41, 5.74) is 6.27. The first-order valence-corrected chi connectivity index (χ1v) is 6.46. The maximum absolute atomic E-state index is 13.5. The van der Waals surface area contributed by atoms with Crippen molar-refractivity contribution in [1.82, 2.24) is 0 Å². The lowest BCUT2D eigenvalue weighted by Gasteiger charge is -2.13. The molecule has 0 atom stereocenters. The molecule has 0 heterocycles. The first-order chi connectivity index (χ1) is 9.13. The minimum absolute atomic E-state index is 0.0961. The number of halogens is 3. The van der Waals surface area contributed by atoms with Crippen LogP contribution in [0.4, 0.5) is 8.78 Å². The average Bonchev–Trinajstić information content (AvgIpc) is 2.39. The smallest absolute Gasteiger partial charge is 0.138 e. The maximum atomic E-state index is 13.5. The minimum Gasteiger partial charge on any atom is -0.487 e. The van der Waals surface area contributed by atoms with E-state index < -0.39 is 11.6 Å². The summed E-state index contributed by atoms with van der Waals surface area (Å²) in [6.07, 6.45) is 0.